The van der Waals surface area contributed by atoms with Crippen LogP contribution in [0.25, 0.3) is 0 Å². The summed E-state index contributed by atoms with van der Waals surface area (Å²) in [7, 11) is 1.57. The summed E-state index contributed by atoms with van der Waals surface area (Å²) < 4.78 is 30.9. The van der Waals surface area contributed by atoms with E-state index in [0.29, 0.717) is 11.3 Å². The first-order valence-corrected chi connectivity index (χ1v) is 6.68. The Morgan fingerprint density at radius 2 is 2.00 bits per heavy atom. The number of benzene rings is 2. The fourth-order valence-electron chi connectivity index (χ4n) is 1.62. The highest BCUT2D eigenvalue weighted by atomic mass is 32.1. The molecule has 2 aromatic carbocycles. The Labute approximate surface area is 131 Å². The highest BCUT2D eigenvalue weighted by Crippen LogP contribution is 2.16. The van der Waals surface area contributed by atoms with E-state index in [-0.39, 0.29) is 5.11 Å². The quantitative estimate of drug-likeness (QED) is 0.515. The summed E-state index contributed by atoms with van der Waals surface area (Å²) in [5.41, 5.74) is 3.73. The molecule has 0 aliphatic carbocycles. The van der Waals surface area contributed by atoms with E-state index in [4.69, 9.17) is 17.0 Å². The molecule has 0 saturated carbocycles. The zero-order valence-electron chi connectivity index (χ0n) is 11.6. The normalized spacial score (nSPS) is 10.5. The second-order valence-corrected chi connectivity index (χ2v) is 4.64. The van der Waals surface area contributed by atoms with Crippen molar-refractivity contribution in [3.05, 3.63) is 59.7 Å². The number of methoxy groups -OCH3 is 1. The van der Waals surface area contributed by atoms with Gasteiger partial charge in [-0.15, -0.1) is 0 Å². The third-order valence-corrected chi connectivity index (χ3v) is 2.84. The molecule has 2 rings (SSSR count). The molecule has 0 atom stereocenters. The van der Waals surface area contributed by atoms with E-state index in [0.717, 1.165) is 17.8 Å². The second kappa shape index (κ2) is 7.46. The lowest BCUT2D eigenvalue weighted by molar-refractivity contribution is 0.415. The van der Waals surface area contributed by atoms with Crippen LogP contribution in [0.5, 0.6) is 5.75 Å². The largest absolute Gasteiger partial charge is 0.497 e. The van der Waals surface area contributed by atoms with Crippen molar-refractivity contribution in [1.29, 1.82) is 0 Å². The van der Waals surface area contributed by atoms with Gasteiger partial charge in [-0.2, -0.15) is 5.10 Å². The summed E-state index contributed by atoms with van der Waals surface area (Å²) in [6.07, 6.45) is 1.34. The SMILES string of the molecule is COc1cccc(NC(=S)N/N=C/c2ccc(F)c(F)c2)c1. The number of halogens is 2. The van der Waals surface area contributed by atoms with Gasteiger partial charge in [-0.3, -0.25) is 5.43 Å². The smallest absolute Gasteiger partial charge is 0.191 e. The molecule has 0 bridgehead atoms. The average molecular weight is 321 g/mol. The van der Waals surface area contributed by atoms with Gasteiger partial charge in [0, 0.05) is 11.8 Å². The van der Waals surface area contributed by atoms with Crippen LogP contribution in [0.4, 0.5) is 14.5 Å². The maximum atomic E-state index is 13.0. The van der Waals surface area contributed by atoms with Crippen molar-refractivity contribution in [3.8, 4) is 5.75 Å². The van der Waals surface area contributed by atoms with E-state index in [2.05, 4.69) is 15.8 Å². The van der Waals surface area contributed by atoms with Crippen molar-refractivity contribution >= 4 is 29.2 Å². The Balaban J connectivity index is 1.91. The number of thiocarbonyl (C=S) groups is 1. The molecule has 7 heteroatoms. The predicted molar refractivity (Wildman–Crippen MR) is 86.3 cm³/mol. The Bertz CT molecular complexity index is 707. The molecule has 0 amide bonds. The van der Waals surface area contributed by atoms with E-state index in [9.17, 15) is 8.78 Å². The van der Waals surface area contributed by atoms with Crippen LogP contribution in [-0.4, -0.2) is 18.4 Å². The Morgan fingerprint density at radius 3 is 2.73 bits per heavy atom. The zero-order chi connectivity index (χ0) is 15.9. The number of nitrogens with one attached hydrogen (secondary N) is 2. The van der Waals surface area contributed by atoms with Gasteiger partial charge in [0.15, 0.2) is 16.7 Å². The molecule has 114 valence electrons. The zero-order valence-corrected chi connectivity index (χ0v) is 12.5. The number of anilines is 1. The van der Waals surface area contributed by atoms with Gasteiger partial charge in [0.1, 0.15) is 5.75 Å². The van der Waals surface area contributed by atoms with Crippen LogP contribution in [0.2, 0.25) is 0 Å². The molecule has 0 spiro atoms. The fraction of sp³-hybridized carbons (Fsp3) is 0.0667. The first kappa shape index (κ1) is 15.8. The van der Waals surface area contributed by atoms with Crippen LogP contribution < -0.4 is 15.5 Å². The van der Waals surface area contributed by atoms with Crippen molar-refractivity contribution < 1.29 is 13.5 Å². The maximum Gasteiger partial charge on any atom is 0.191 e. The predicted octanol–water partition coefficient (Wildman–Crippen LogP) is 3.29. The highest BCUT2D eigenvalue weighted by Gasteiger charge is 2.01. The molecule has 0 aromatic heterocycles. The van der Waals surface area contributed by atoms with Crippen LogP contribution in [0.1, 0.15) is 5.56 Å². The monoisotopic (exact) mass is 321 g/mol. The maximum absolute atomic E-state index is 13.0. The van der Waals surface area contributed by atoms with Crippen molar-refractivity contribution in [2.45, 2.75) is 0 Å². The van der Waals surface area contributed by atoms with Gasteiger partial charge >= 0.3 is 0 Å². The van der Waals surface area contributed by atoms with Crippen LogP contribution in [0.3, 0.4) is 0 Å². The molecule has 0 aliphatic heterocycles. The van der Waals surface area contributed by atoms with Crippen LogP contribution >= 0.6 is 12.2 Å². The Morgan fingerprint density at radius 1 is 1.18 bits per heavy atom. The van der Waals surface area contributed by atoms with Crippen molar-refractivity contribution in [3.63, 3.8) is 0 Å². The molecule has 4 nitrogen and oxygen atoms in total. The second-order valence-electron chi connectivity index (χ2n) is 4.23. The van der Waals surface area contributed by atoms with E-state index in [1.807, 2.05) is 18.2 Å². The third-order valence-electron chi connectivity index (χ3n) is 2.65. The number of hydrazone groups is 1. The summed E-state index contributed by atoms with van der Waals surface area (Å²) in [6.45, 7) is 0. The molecular formula is C15H13F2N3OS. The van der Waals surface area contributed by atoms with E-state index in [1.54, 1.807) is 13.2 Å². The fourth-order valence-corrected chi connectivity index (χ4v) is 1.79. The van der Waals surface area contributed by atoms with Crippen LogP contribution in [-0.2, 0) is 0 Å². The number of hydrogen-bond acceptors (Lipinski definition) is 3. The van der Waals surface area contributed by atoms with E-state index < -0.39 is 11.6 Å². The number of hydrogen-bond donors (Lipinski definition) is 2. The Kier molecular flexibility index (Phi) is 5.37. The summed E-state index contributed by atoms with van der Waals surface area (Å²) >= 11 is 5.07. The highest BCUT2D eigenvalue weighted by molar-refractivity contribution is 7.80. The summed E-state index contributed by atoms with van der Waals surface area (Å²) in [4.78, 5) is 0. The van der Waals surface area contributed by atoms with Gasteiger partial charge in [-0.05, 0) is 42.0 Å². The minimum Gasteiger partial charge on any atom is -0.497 e. The molecule has 2 N–H and O–H groups in total. The lowest BCUT2D eigenvalue weighted by Crippen LogP contribution is -2.23. The average Bonchev–Trinajstić information content (AvgIpc) is 2.51. The summed E-state index contributed by atoms with van der Waals surface area (Å²) in [5, 5.41) is 7.02. The minimum atomic E-state index is -0.930. The summed E-state index contributed by atoms with van der Waals surface area (Å²) in [6, 6.07) is 10.7. The molecule has 0 fully saturated rings. The van der Waals surface area contributed by atoms with Crippen molar-refractivity contribution in [1.82, 2.24) is 5.43 Å². The van der Waals surface area contributed by atoms with Gasteiger partial charge < -0.3 is 10.1 Å². The lowest BCUT2D eigenvalue weighted by atomic mass is 10.2. The number of ether oxygens (including phenoxy) is 1. The van der Waals surface area contributed by atoms with Crippen LogP contribution in [0, 0.1) is 11.6 Å². The first-order valence-electron chi connectivity index (χ1n) is 6.27. The Hall–Kier alpha value is -2.54. The topological polar surface area (TPSA) is 45.6 Å². The molecule has 0 unspecified atom stereocenters. The standard InChI is InChI=1S/C15H13F2N3OS/c1-21-12-4-2-3-11(8-12)19-15(22)20-18-9-10-5-6-13(16)14(17)7-10/h2-9H,1H3,(H2,19,20,22)/b18-9+. The number of nitrogens with zero attached hydrogens (tertiary/aromatic N) is 1. The third kappa shape index (κ3) is 4.49. The van der Waals surface area contributed by atoms with Gasteiger partial charge in [-0.25, -0.2) is 8.78 Å². The molecule has 0 aliphatic rings. The molecule has 22 heavy (non-hydrogen) atoms. The molecule has 0 saturated heterocycles. The molecule has 2 aromatic rings. The van der Waals surface area contributed by atoms with Gasteiger partial charge in [0.05, 0.1) is 13.3 Å². The van der Waals surface area contributed by atoms with Crippen molar-refractivity contribution in [2.24, 2.45) is 5.10 Å². The lowest BCUT2D eigenvalue weighted by Gasteiger charge is -2.08. The molecular weight excluding hydrogens is 308 g/mol. The molecule has 0 radical (unpaired) electrons. The van der Waals surface area contributed by atoms with Crippen LogP contribution in [0.15, 0.2) is 47.6 Å². The van der Waals surface area contributed by atoms with E-state index in [1.165, 1.54) is 12.3 Å². The van der Waals surface area contributed by atoms with Crippen molar-refractivity contribution in [2.75, 3.05) is 12.4 Å². The van der Waals surface area contributed by atoms with Gasteiger partial charge in [-0.1, -0.05) is 12.1 Å². The summed E-state index contributed by atoms with van der Waals surface area (Å²) in [5.74, 6) is -1.14. The number of rotatable bonds is 4. The molecule has 0 heterocycles. The van der Waals surface area contributed by atoms with Gasteiger partial charge in [0.25, 0.3) is 0 Å². The van der Waals surface area contributed by atoms with E-state index >= 15 is 0 Å². The van der Waals surface area contributed by atoms with Gasteiger partial charge in [0.2, 0.25) is 0 Å². The minimum absolute atomic E-state index is 0.257. The first-order chi connectivity index (χ1) is 10.6.